The molecule has 168 valence electrons. The second-order valence-corrected chi connectivity index (χ2v) is 7.44. The number of nitrogens with one attached hydrogen (secondary N) is 2. The van der Waals surface area contributed by atoms with Crippen LogP contribution in [0.5, 0.6) is 17.2 Å². The zero-order valence-corrected chi connectivity index (χ0v) is 17.9. The highest BCUT2D eigenvalue weighted by Crippen LogP contribution is 2.30. The maximum atomic E-state index is 12.9. The fraction of sp³-hybridized carbons (Fsp3) is 0.0400. The van der Waals surface area contributed by atoms with Crippen molar-refractivity contribution in [3.8, 4) is 28.4 Å². The number of ether oxygens (including phenoxy) is 1. The number of fused-ring (bicyclic) bond motifs is 1. The van der Waals surface area contributed by atoms with Gasteiger partial charge in [-0.15, -0.1) is 0 Å². The van der Waals surface area contributed by atoms with Gasteiger partial charge in [-0.2, -0.15) is 4.98 Å². The predicted octanol–water partition coefficient (Wildman–Crippen LogP) is 4.49. The Labute approximate surface area is 192 Å². The number of aryl methyl sites for hydroxylation is 1. The molecule has 3 heterocycles. The lowest BCUT2D eigenvalue weighted by atomic mass is 10.0. The van der Waals surface area contributed by atoms with Gasteiger partial charge in [0.25, 0.3) is 5.56 Å². The minimum Gasteiger partial charge on any atom is -0.507 e. The Hall–Kier alpha value is -4.92. The van der Waals surface area contributed by atoms with Gasteiger partial charge in [0.2, 0.25) is 5.95 Å². The number of rotatable bonds is 5. The summed E-state index contributed by atoms with van der Waals surface area (Å²) >= 11 is 0. The lowest BCUT2D eigenvalue weighted by molar-refractivity contribution is 0.438. The fourth-order valence-electron chi connectivity index (χ4n) is 3.54. The molecular weight excluding hydrogens is 436 g/mol. The first-order chi connectivity index (χ1) is 16.5. The van der Waals surface area contributed by atoms with E-state index in [2.05, 4.69) is 20.3 Å². The number of benzene rings is 2. The van der Waals surface area contributed by atoms with E-state index in [1.54, 1.807) is 31.2 Å². The molecule has 0 spiro atoms. The van der Waals surface area contributed by atoms with Crippen molar-refractivity contribution in [3.05, 3.63) is 99.5 Å². The highest BCUT2D eigenvalue weighted by molar-refractivity contribution is 5.93. The van der Waals surface area contributed by atoms with E-state index in [0.717, 1.165) is 5.75 Å². The number of hydrogen-bond donors (Lipinski definition) is 3. The summed E-state index contributed by atoms with van der Waals surface area (Å²) in [4.78, 5) is 36.5. The number of aromatic nitrogens is 3. The van der Waals surface area contributed by atoms with E-state index in [4.69, 9.17) is 9.15 Å². The smallest absolute Gasteiger partial charge is 0.347 e. The van der Waals surface area contributed by atoms with Crippen LogP contribution >= 0.6 is 0 Å². The van der Waals surface area contributed by atoms with Gasteiger partial charge < -0.3 is 19.6 Å². The summed E-state index contributed by atoms with van der Waals surface area (Å²) in [5.41, 5.74) is -0.467. The van der Waals surface area contributed by atoms with Crippen molar-refractivity contribution in [2.45, 2.75) is 6.92 Å². The van der Waals surface area contributed by atoms with Crippen LogP contribution in [0.4, 0.5) is 11.6 Å². The van der Waals surface area contributed by atoms with Gasteiger partial charge >= 0.3 is 5.63 Å². The Bertz CT molecular complexity index is 1610. The van der Waals surface area contributed by atoms with Gasteiger partial charge in [-0.25, -0.2) is 9.78 Å². The van der Waals surface area contributed by atoms with Crippen LogP contribution in [0.25, 0.3) is 22.2 Å². The Morgan fingerprint density at radius 1 is 1.00 bits per heavy atom. The average molecular weight is 454 g/mol. The molecule has 3 aromatic heterocycles. The van der Waals surface area contributed by atoms with E-state index in [9.17, 15) is 14.7 Å². The van der Waals surface area contributed by atoms with Crippen molar-refractivity contribution in [1.82, 2.24) is 15.0 Å². The first-order valence-corrected chi connectivity index (χ1v) is 10.3. The zero-order chi connectivity index (χ0) is 23.7. The van der Waals surface area contributed by atoms with Crippen molar-refractivity contribution in [2.75, 3.05) is 5.32 Å². The lowest BCUT2D eigenvalue weighted by Crippen LogP contribution is -2.14. The standard InChI is InChI=1S/C25H18N4O5/c1-14-13-19(30)20(24(32)33-14)18-11-12-26-22-21(18)23(31)29-25(28-22)27-15-7-9-17(10-8-15)34-16-5-3-2-4-6-16/h2-13,30H,1H3,(H2,26,27,28,29,31). The fourth-order valence-corrected chi connectivity index (χ4v) is 3.54. The molecule has 9 heteroatoms. The van der Waals surface area contributed by atoms with E-state index in [1.807, 2.05) is 30.3 Å². The molecule has 0 aliphatic rings. The minimum atomic E-state index is -0.760. The molecular formula is C25H18N4O5. The number of H-pyrrole nitrogens is 1. The molecule has 0 fully saturated rings. The number of aromatic amines is 1. The molecule has 0 bridgehead atoms. The molecule has 2 aromatic carbocycles. The predicted molar refractivity (Wildman–Crippen MR) is 127 cm³/mol. The Kier molecular flexibility index (Phi) is 5.27. The first-order valence-electron chi connectivity index (χ1n) is 10.3. The average Bonchev–Trinajstić information content (AvgIpc) is 2.80. The van der Waals surface area contributed by atoms with E-state index < -0.39 is 11.2 Å². The summed E-state index contributed by atoms with van der Waals surface area (Å²) in [6, 6.07) is 19.3. The van der Waals surface area contributed by atoms with Crippen LogP contribution in [-0.2, 0) is 0 Å². The minimum absolute atomic E-state index is 0.0612. The number of anilines is 2. The van der Waals surface area contributed by atoms with Gasteiger partial charge in [0, 0.05) is 23.5 Å². The summed E-state index contributed by atoms with van der Waals surface area (Å²) in [6.45, 7) is 1.54. The molecule has 3 N–H and O–H groups in total. The first kappa shape index (κ1) is 21.0. The second kappa shape index (κ2) is 8.55. The second-order valence-electron chi connectivity index (χ2n) is 7.44. The summed E-state index contributed by atoms with van der Waals surface area (Å²) in [6.07, 6.45) is 1.41. The van der Waals surface area contributed by atoms with Crippen molar-refractivity contribution >= 4 is 22.7 Å². The molecule has 5 rings (SSSR count). The van der Waals surface area contributed by atoms with Gasteiger partial charge in [-0.05, 0) is 49.4 Å². The number of para-hydroxylation sites is 1. The number of nitrogens with zero attached hydrogens (tertiary/aromatic N) is 2. The lowest BCUT2D eigenvalue weighted by Gasteiger charge is -2.10. The van der Waals surface area contributed by atoms with Crippen molar-refractivity contribution in [1.29, 1.82) is 0 Å². The summed E-state index contributed by atoms with van der Waals surface area (Å²) in [5, 5.41) is 13.4. The third-order valence-corrected chi connectivity index (χ3v) is 5.03. The van der Waals surface area contributed by atoms with Gasteiger partial charge in [0.15, 0.2) is 5.65 Å². The topological polar surface area (TPSA) is 130 Å². The third-order valence-electron chi connectivity index (χ3n) is 5.03. The normalized spacial score (nSPS) is 10.9. The van der Waals surface area contributed by atoms with Crippen molar-refractivity contribution in [3.63, 3.8) is 0 Å². The van der Waals surface area contributed by atoms with Crippen LogP contribution in [0, 0.1) is 6.92 Å². The number of aromatic hydroxyl groups is 1. The molecule has 9 nitrogen and oxygen atoms in total. The molecule has 0 unspecified atom stereocenters. The van der Waals surface area contributed by atoms with Crippen LogP contribution in [0.1, 0.15) is 5.76 Å². The Morgan fingerprint density at radius 3 is 2.47 bits per heavy atom. The summed E-state index contributed by atoms with van der Waals surface area (Å²) < 4.78 is 10.9. The molecule has 0 saturated heterocycles. The Morgan fingerprint density at radius 2 is 1.74 bits per heavy atom. The number of pyridine rings is 1. The van der Waals surface area contributed by atoms with E-state index in [-0.39, 0.29) is 39.6 Å². The molecule has 5 aromatic rings. The van der Waals surface area contributed by atoms with Crippen LogP contribution in [0.15, 0.2) is 86.9 Å². The SMILES string of the molecule is Cc1cc(O)c(-c2ccnc3nc(Nc4ccc(Oc5ccccc5)cc4)[nH]c(=O)c23)c(=O)o1. The van der Waals surface area contributed by atoms with Gasteiger partial charge in [-0.3, -0.25) is 9.78 Å². The highest BCUT2D eigenvalue weighted by atomic mass is 16.5. The molecule has 0 aliphatic carbocycles. The molecule has 34 heavy (non-hydrogen) atoms. The van der Waals surface area contributed by atoms with Crippen LogP contribution < -0.4 is 21.2 Å². The molecule has 0 radical (unpaired) electrons. The zero-order valence-electron chi connectivity index (χ0n) is 17.9. The summed E-state index contributed by atoms with van der Waals surface area (Å²) in [7, 11) is 0. The van der Waals surface area contributed by atoms with Gasteiger partial charge in [0.05, 0.1) is 5.39 Å². The van der Waals surface area contributed by atoms with Crippen molar-refractivity contribution < 1.29 is 14.3 Å². The maximum absolute atomic E-state index is 12.9. The molecule has 0 aliphatic heterocycles. The van der Waals surface area contributed by atoms with E-state index >= 15 is 0 Å². The van der Waals surface area contributed by atoms with Crippen LogP contribution in [0.3, 0.4) is 0 Å². The third kappa shape index (κ3) is 4.09. The van der Waals surface area contributed by atoms with Gasteiger partial charge in [-0.1, -0.05) is 18.2 Å². The number of hydrogen-bond acceptors (Lipinski definition) is 8. The largest absolute Gasteiger partial charge is 0.507 e. The molecule has 0 atom stereocenters. The maximum Gasteiger partial charge on any atom is 0.347 e. The highest BCUT2D eigenvalue weighted by Gasteiger charge is 2.18. The monoisotopic (exact) mass is 454 g/mol. The molecule has 0 saturated carbocycles. The van der Waals surface area contributed by atoms with Crippen LogP contribution in [0.2, 0.25) is 0 Å². The van der Waals surface area contributed by atoms with E-state index in [0.29, 0.717) is 11.4 Å². The quantitative estimate of drug-likeness (QED) is 0.354. The van der Waals surface area contributed by atoms with E-state index in [1.165, 1.54) is 18.3 Å². The molecule has 0 amide bonds. The van der Waals surface area contributed by atoms with Gasteiger partial charge in [0.1, 0.15) is 28.6 Å². The van der Waals surface area contributed by atoms with Crippen LogP contribution in [-0.4, -0.2) is 20.1 Å². The summed E-state index contributed by atoms with van der Waals surface area (Å²) in [5.74, 6) is 1.50. The Balaban J connectivity index is 1.46. The van der Waals surface area contributed by atoms with Crippen molar-refractivity contribution in [2.24, 2.45) is 0 Å².